The van der Waals surface area contributed by atoms with Crippen LogP contribution in [-0.4, -0.2) is 50.6 Å². The summed E-state index contributed by atoms with van der Waals surface area (Å²) >= 11 is 2.38. The number of hydrogen-bond donors (Lipinski definition) is 4. The Hall–Kier alpha value is -2.31. The highest BCUT2D eigenvalue weighted by Crippen LogP contribution is 2.43. The maximum Gasteiger partial charge on any atom is 0.356 e. The van der Waals surface area contributed by atoms with E-state index in [0.717, 1.165) is 16.2 Å². The molecule has 134 valence electrons. The first-order valence-corrected chi connectivity index (χ1v) is 8.91. The summed E-state index contributed by atoms with van der Waals surface area (Å²) in [6.07, 6.45) is 0.194. The van der Waals surface area contributed by atoms with Crippen LogP contribution in [0, 0.1) is 0 Å². The molecule has 1 aromatic heterocycles. The fourth-order valence-electron chi connectivity index (χ4n) is 2.54. The van der Waals surface area contributed by atoms with E-state index in [1.165, 1.54) is 18.9 Å². The van der Waals surface area contributed by atoms with Gasteiger partial charge in [0.05, 0.1) is 24.6 Å². The molecule has 0 bridgehead atoms. The fourth-order valence-corrected chi connectivity index (χ4v) is 4.55. The number of anilines is 1. The second kappa shape index (κ2) is 6.54. The minimum absolute atomic E-state index is 0.0138. The van der Waals surface area contributed by atoms with Crippen molar-refractivity contribution in [3.63, 3.8) is 0 Å². The van der Waals surface area contributed by atoms with Gasteiger partial charge in [-0.15, -0.1) is 23.1 Å². The number of nitrogens with one attached hydrogen (secondary N) is 1. The van der Waals surface area contributed by atoms with Crippen LogP contribution in [-0.2, 0) is 19.1 Å². The maximum atomic E-state index is 12.4. The second-order valence-electron chi connectivity index (χ2n) is 5.26. The molecule has 3 rings (SSSR count). The third kappa shape index (κ3) is 3.03. The zero-order valence-electron chi connectivity index (χ0n) is 13.0. The van der Waals surface area contributed by atoms with Gasteiger partial charge >= 0.3 is 5.97 Å². The number of nitrogens with zero attached hydrogens (tertiary/aromatic N) is 2. The van der Waals surface area contributed by atoms with Crippen molar-refractivity contribution in [1.29, 1.82) is 0 Å². The maximum absolute atomic E-state index is 12.4. The van der Waals surface area contributed by atoms with E-state index in [0.29, 0.717) is 10.8 Å². The lowest BCUT2D eigenvalue weighted by atomic mass is 10.1. The van der Waals surface area contributed by atoms with Crippen molar-refractivity contribution in [2.75, 3.05) is 12.8 Å². The standard InChI is InChI=1S/C13H15N5O5S2/c1-23-9-8(12(21)22)18-5(19)2-6(18)25-11(9)17-10(20)7(14)4-3-24-13(15)16-4/h3,6-7,11H,2,14H2,1H3,(H2,15,16)(H,17,20)(H,21,22)/t6-,7?,11?/m0/s1. The molecule has 0 aromatic carbocycles. The van der Waals surface area contributed by atoms with Gasteiger partial charge in [0.1, 0.15) is 11.4 Å². The third-order valence-corrected chi connectivity index (χ3v) is 5.74. The number of nitrogen functional groups attached to an aromatic ring is 1. The van der Waals surface area contributed by atoms with E-state index in [1.807, 2.05) is 0 Å². The largest absolute Gasteiger partial charge is 0.495 e. The molecule has 10 nitrogen and oxygen atoms in total. The van der Waals surface area contributed by atoms with E-state index >= 15 is 0 Å². The molecule has 6 N–H and O–H groups in total. The highest BCUT2D eigenvalue weighted by Gasteiger charge is 2.50. The number of aromatic nitrogens is 1. The van der Waals surface area contributed by atoms with Crippen LogP contribution in [0.2, 0.25) is 0 Å². The van der Waals surface area contributed by atoms with Gasteiger partial charge in [-0.1, -0.05) is 0 Å². The number of aliphatic carboxylic acids is 1. The molecule has 1 saturated heterocycles. The number of rotatable bonds is 5. The average Bonchev–Trinajstić information content (AvgIpc) is 2.98. The van der Waals surface area contributed by atoms with Crippen LogP contribution in [0.1, 0.15) is 18.2 Å². The van der Waals surface area contributed by atoms with E-state index in [2.05, 4.69) is 10.3 Å². The number of thioether (sulfide) groups is 1. The summed E-state index contributed by atoms with van der Waals surface area (Å²) in [7, 11) is 1.28. The summed E-state index contributed by atoms with van der Waals surface area (Å²) in [5.41, 5.74) is 11.5. The quantitative estimate of drug-likeness (QED) is 0.486. The molecule has 2 aliphatic rings. The lowest BCUT2D eigenvalue weighted by Crippen LogP contribution is -2.57. The van der Waals surface area contributed by atoms with Crippen LogP contribution in [0.5, 0.6) is 0 Å². The molecule has 3 heterocycles. The molecule has 0 radical (unpaired) electrons. The van der Waals surface area contributed by atoms with Gasteiger partial charge in [0, 0.05) is 5.38 Å². The van der Waals surface area contributed by atoms with Crippen molar-refractivity contribution in [2.24, 2.45) is 5.73 Å². The number of amides is 2. The molecule has 0 saturated carbocycles. The Labute approximate surface area is 150 Å². The van der Waals surface area contributed by atoms with Gasteiger partial charge in [-0.3, -0.25) is 14.5 Å². The number of carboxylic acid groups (broad SMARTS) is 1. The highest BCUT2D eigenvalue weighted by atomic mass is 32.2. The van der Waals surface area contributed by atoms with Crippen LogP contribution >= 0.6 is 23.1 Å². The van der Waals surface area contributed by atoms with Crippen molar-refractivity contribution >= 4 is 46.0 Å². The first kappa shape index (κ1) is 17.5. The molecule has 1 fully saturated rings. The van der Waals surface area contributed by atoms with Crippen LogP contribution in [0.25, 0.3) is 0 Å². The number of methoxy groups -OCH3 is 1. The van der Waals surface area contributed by atoms with Crippen molar-refractivity contribution in [3.05, 3.63) is 22.5 Å². The lowest BCUT2D eigenvalue weighted by Gasteiger charge is -2.45. The van der Waals surface area contributed by atoms with Gasteiger partial charge < -0.3 is 26.6 Å². The minimum Gasteiger partial charge on any atom is -0.495 e. The van der Waals surface area contributed by atoms with Crippen molar-refractivity contribution in [1.82, 2.24) is 15.2 Å². The monoisotopic (exact) mass is 385 g/mol. The van der Waals surface area contributed by atoms with Gasteiger partial charge in [-0.2, -0.15) is 0 Å². The smallest absolute Gasteiger partial charge is 0.356 e. The third-order valence-electron chi connectivity index (χ3n) is 3.75. The summed E-state index contributed by atoms with van der Waals surface area (Å²) < 4.78 is 5.16. The molecule has 2 unspecified atom stereocenters. The summed E-state index contributed by atoms with van der Waals surface area (Å²) in [4.78, 5) is 40.8. The Morgan fingerprint density at radius 1 is 1.56 bits per heavy atom. The molecule has 2 aliphatic heterocycles. The molecular formula is C13H15N5O5S2. The summed E-state index contributed by atoms with van der Waals surface area (Å²) in [5, 5.41) is 12.8. The predicted octanol–water partition coefficient (Wildman–Crippen LogP) is -0.585. The van der Waals surface area contributed by atoms with E-state index < -0.39 is 23.3 Å². The molecule has 2 amide bonds. The minimum atomic E-state index is -1.30. The van der Waals surface area contributed by atoms with Gasteiger partial charge in [-0.25, -0.2) is 9.78 Å². The van der Waals surface area contributed by atoms with Gasteiger partial charge in [0.25, 0.3) is 0 Å². The first-order chi connectivity index (χ1) is 11.8. The van der Waals surface area contributed by atoms with Gasteiger partial charge in [-0.05, 0) is 0 Å². The molecule has 3 atom stereocenters. The molecule has 12 heteroatoms. The molecular weight excluding hydrogens is 370 g/mol. The number of thiazole rings is 1. The van der Waals surface area contributed by atoms with E-state index in [4.69, 9.17) is 16.2 Å². The Morgan fingerprint density at radius 2 is 2.28 bits per heavy atom. The summed E-state index contributed by atoms with van der Waals surface area (Å²) in [6, 6.07) is -1.05. The Balaban J connectivity index is 1.83. The Morgan fingerprint density at radius 3 is 2.80 bits per heavy atom. The van der Waals surface area contributed by atoms with Crippen molar-refractivity contribution < 1.29 is 24.2 Å². The number of ether oxygens (including phenoxy) is 1. The normalized spacial score (nSPS) is 23.6. The van der Waals surface area contributed by atoms with Crippen molar-refractivity contribution in [3.8, 4) is 0 Å². The molecule has 1 aromatic rings. The zero-order chi connectivity index (χ0) is 18.3. The van der Waals surface area contributed by atoms with Crippen LogP contribution in [0.15, 0.2) is 16.8 Å². The zero-order valence-corrected chi connectivity index (χ0v) is 14.6. The SMILES string of the molecule is COC1=C(C(=O)O)N2C(=O)C[C@@H]2SC1NC(=O)C(N)c1csc(N)n1. The van der Waals surface area contributed by atoms with Crippen molar-refractivity contribution in [2.45, 2.75) is 23.2 Å². The number of hydrogen-bond acceptors (Lipinski definition) is 9. The number of carboxylic acids is 1. The number of carbonyl (C=O) groups excluding carboxylic acids is 2. The first-order valence-electron chi connectivity index (χ1n) is 7.09. The van der Waals surface area contributed by atoms with Crippen LogP contribution < -0.4 is 16.8 Å². The molecule has 0 aliphatic carbocycles. The molecule has 25 heavy (non-hydrogen) atoms. The number of nitrogens with two attached hydrogens (primary N) is 2. The second-order valence-corrected chi connectivity index (χ2v) is 7.44. The summed E-state index contributed by atoms with van der Waals surface area (Å²) in [6.45, 7) is 0. The number of fused-ring (bicyclic) bond motifs is 1. The van der Waals surface area contributed by atoms with Gasteiger partial charge in [0.2, 0.25) is 11.8 Å². The number of β-lactam (4-membered cyclic amide) rings is 1. The Bertz CT molecular complexity index is 779. The Kier molecular flexibility index (Phi) is 4.58. The van der Waals surface area contributed by atoms with Gasteiger partial charge in [0.15, 0.2) is 16.6 Å². The number of carbonyl (C=O) groups is 3. The van der Waals surface area contributed by atoms with Crippen LogP contribution in [0.3, 0.4) is 0 Å². The van der Waals surface area contributed by atoms with Crippen LogP contribution in [0.4, 0.5) is 5.13 Å². The average molecular weight is 385 g/mol. The molecule has 0 spiro atoms. The predicted molar refractivity (Wildman–Crippen MR) is 89.9 cm³/mol. The van der Waals surface area contributed by atoms with E-state index in [1.54, 1.807) is 5.38 Å². The topological polar surface area (TPSA) is 161 Å². The highest BCUT2D eigenvalue weighted by molar-refractivity contribution is 8.00. The summed E-state index contributed by atoms with van der Waals surface area (Å²) in [5.74, 6) is -2.17. The van der Waals surface area contributed by atoms with E-state index in [9.17, 15) is 19.5 Å². The lowest BCUT2D eigenvalue weighted by molar-refractivity contribution is -0.146. The fraction of sp³-hybridized carbons (Fsp3) is 0.385. The van der Waals surface area contributed by atoms with E-state index in [-0.39, 0.29) is 29.2 Å².